The Morgan fingerprint density at radius 2 is 2.24 bits per heavy atom. The van der Waals surface area contributed by atoms with Gasteiger partial charge in [-0.05, 0) is 39.4 Å². The maximum absolute atomic E-state index is 12.3. The molecule has 0 aliphatic carbocycles. The first-order valence-electron chi connectivity index (χ1n) is 7.03. The number of anilines is 1. The number of nitrogens with two attached hydrogens (primary N) is 1. The number of amides is 1. The highest BCUT2D eigenvalue weighted by Gasteiger charge is 2.18. The van der Waals surface area contributed by atoms with Gasteiger partial charge < -0.3 is 16.0 Å². The first-order chi connectivity index (χ1) is 9.91. The van der Waals surface area contributed by atoms with Crippen molar-refractivity contribution in [2.24, 2.45) is 0 Å². The minimum Gasteiger partial charge on any atom is -0.397 e. The number of nitrogens with zero attached hydrogens (tertiary/aromatic N) is 2. The maximum Gasteiger partial charge on any atom is 0.263 e. The first kappa shape index (κ1) is 15.7. The fraction of sp³-hybridized carbons (Fsp3) is 0.467. The van der Waals surface area contributed by atoms with Crippen LogP contribution in [0.2, 0.25) is 0 Å². The van der Waals surface area contributed by atoms with Crippen molar-refractivity contribution in [2.75, 3.05) is 25.9 Å². The summed E-state index contributed by atoms with van der Waals surface area (Å²) >= 11 is 1.35. The lowest BCUT2D eigenvalue weighted by atomic mass is 10.2. The minimum absolute atomic E-state index is 0.118. The lowest BCUT2D eigenvalue weighted by Crippen LogP contribution is -2.36. The minimum atomic E-state index is -0.118. The summed E-state index contributed by atoms with van der Waals surface area (Å²) < 4.78 is 0. The van der Waals surface area contributed by atoms with Crippen molar-refractivity contribution < 1.29 is 4.79 Å². The van der Waals surface area contributed by atoms with Crippen LogP contribution in [0.4, 0.5) is 5.69 Å². The predicted octanol–water partition coefficient (Wildman–Crippen LogP) is 2.26. The molecule has 0 radical (unpaired) electrons. The fourth-order valence-corrected chi connectivity index (χ4v) is 3.11. The van der Waals surface area contributed by atoms with Crippen LogP contribution in [0.5, 0.6) is 0 Å². The predicted molar refractivity (Wildman–Crippen MR) is 88.9 cm³/mol. The van der Waals surface area contributed by atoms with E-state index in [1.54, 1.807) is 6.20 Å². The summed E-state index contributed by atoms with van der Waals surface area (Å²) in [6.45, 7) is 7.64. The summed E-state index contributed by atoms with van der Waals surface area (Å²) in [5.74, 6) is -0.118. The standard InChI is InChI=1S/C15H22N4OS/c1-9(2)19(4)8-7-17-14(20)13-12(16)11-10(3)5-6-18-15(11)21-13/h5-6,9H,7-8,16H2,1-4H3,(H,17,20). The third-order valence-electron chi connectivity index (χ3n) is 3.68. The average molecular weight is 306 g/mol. The Kier molecular flexibility index (Phi) is 4.80. The van der Waals surface area contributed by atoms with E-state index in [0.717, 1.165) is 22.3 Å². The molecule has 3 N–H and O–H groups in total. The molecule has 0 bridgehead atoms. The van der Waals surface area contributed by atoms with Gasteiger partial charge in [-0.2, -0.15) is 0 Å². The second-order valence-electron chi connectivity index (χ2n) is 5.48. The Morgan fingerprint density at radius 1 is 1.52 bits per heavy atom. The number of thiophene rings is 1. The molecule has 2 aromatic heterocycles. The van der Waals surface area contributed by atoms with Gasteiger partial charge >= 0.3 is 0 Å². The zero-order valence-electron chi connectivity index (χ0n) is 12.9. The van der Waals surface area contributed by atoms with E-state index in [1.165, 1.54) is 11.3 Å². The quantitative estimate of drug-likeness (QED) is 0.889. The Balaban J connectivity index is 2.10. The van der Waals surface area contributed by atoms with Crippen LogP contribution in [0.1, 0.15) is 29.1 Å². The summed E-state index contributed by atoms with van der Waals surface area (Å²) in [4.78, 5) is 20.1. The van der Waals surface area contributed by atoms with Crippen LogP contribution in [0.25, 0.3) is 10.2 Å². The van der Waals surface area contributed by atoms with E-state index >= 15 is 0 Å². The van der Waals surface area contributed by atoms with Gasteiger partial charge in [0.1, 0.15) is 9.71 Å². The van der Waals surface area contributed by atoms with E-state index in [9.17, 15) is 4.79 Å². The van der Waals surface area contributed by atoms with Crippen molar-refractivity contribution in [1.82, 2.24) is 15.2 Å². The molecule has 0 atom stereocenters. The highest BCUT2D eigenvalue weighted by atomic mass is 32.1. The number of nitrogen functional groups attached to an aromatic ring is 1. The molecule has 0 saturated heterocycles. The molecule has 0 unspecified atom stereocenters. The maximum atomic E-state index is 12.3. The molecule has 2 heterocycles. The second-order valence-corrected chi connectivity index (χ2v) is 6.48. The molecule has 6 heteroatoms. The normalized spacial score (nSPS) is 11.5. The monoisotopic (exact) mass is 306 g/mol. The number of aryl methyl sites for hydroxylation is 1. The largest absolute Gasteiger partial charge is 0.397 e. The molecule has 5 nitrogen and oxygen atoms in total. The summed E-state index contributed by atoms with van der Waals surface area (Å²) in [7, 11) is 2.04. The molecule has 0 fully saturated rings. The zero-order valence-corrected chi connectivity index (χ0v) is 13.8. The van der Waals surface area contributed by atoms with Crippen molar-refractivity contribution in [3.8, 4) is 0 Å². The number of pyridine rings is 1. The molecule has 2 aromatic rings. The number of rotatable bonds is 5. The lowest BCUT2D eigenvalue weighted by molar-refractivity contribution is 0.0953. The second kappa shape index (κ2) is 6.41. The topological polar surface area (TPSA) is 71.2 Å². The summed E-state index contributed by atoms with van der Waals surface area (Å²) in [6, 6.07) is 2.37. The Labute approximate surface area is 129 Å². The van der Waals surface area contributed by atoms with Crippen LogP contribution in [-0.4, -0.2) is 42.0 Å². The highest BCUT2D eigenvalue weighted by Crippen LogP contribution is 2.34. The van der Waals surface area contributed by atoms with Crippen LogP contribution in [0.3, 0.4) is 0 Å². The molecule has 0 aliphatic rings. The van der Waals surface area contributed by atoms with Gasteiger partial charge in [-0.25, -0.2) is 4.98 Å². The van der Waals surface area contributed by atoms with Gasteiger partial charge in [0.05, 0.1) is 5.69 Å². The number of aromatic nitrogens is 1. The third kappa shape index (κ3) is 3.33. The van der Waals surface area contributed by atoms with Gasteiger partial charge in [0.25, 0.3) is 5.91 Å². The smallest absolute Gasteiger partial charge is 0.263 e. The van der Waals surface area contributed by atoms with E-state index in [-0.39, 0.29) is 5.91 Å². The molecule has 2 rings (SSSR count). The van der Waals surface area contributed by atoms with Crippen molar-refractivity contribution >= 4 is 33.1 Å². The third-order valence-corrected chi connectivity index (χ3v) is 4.79. The number of carbonyl (C=O) groups is 1. The molecule has 0 aliphatic heterocycles. The first-order valence-corrected chi connectivity index (χ1v) is 7.85. The summed E-state index contributed by atoms with van der Waals surface area (Å²) in [6.07, 6.45) is 1.74. The van der Waals surface area contributed by atoms with E-state index in [2.05, 4.69) is 29.0 Å². The van der Waals surface area contributed by atoms with Gasteiger partial charge in [0.15, 0.2) is 0 Å². The lowest BCUT2D eigenvalue weighted by Gasteiger charge is -2.20. The summed E-state index contributed by atoms with van der Waals surface area (Å²) in [5, 5.41) is 3.82. The van der Waals surface area contributed by atoms with Crippen molar-refractivity contribution in [2.45, 2.75) is 26.8 Å². The van der Waals surface area contributed by atoms with Crippen LogP contribution in [-0.2, 0) is 0 Å². The van der Waals surface area contributed by atoms with Gasteiger partial charge in [-0.1, -0.05) is 0 Å². The Morgan fingerprint density at radius 3 is 2.86 bits per heavy atom. The molecule has 0 saturated carbocycles. The number of hydrogen-bond acceptors (Lipinski definition) is 5. The van der Waals surface area contributed by atoms with Crippen molar-refractivity contribution in [3.63, 3.8) is 0 Å². The van der Waals surface area contributed by atoms with Gasteiger partial charge in [0, 0.05) is 30.7 Å². The van der Waals surface area contributed by atoms with E-state index < -0.39 is 0 Å². The molecule has 0 spiro atoms. The van der Waals surface area contributed by atoms with Gasteiger partial charge in [-0.3, -0.25) is 4.79 Å². The molecular weight excluding hydrogens is 284 g/mol. The van der Waals surface area contributed by atoms with Crippen LogP contribution in [0.15, 0.2) is 12.3 Å². The molecule has 114 valence electrons. The number of fused-ring (bicyclic) bond motifs is 1. The number of likely N-dealkylation sites (N-methyl/N-ethyl adjacent to an activating group) is 1. The van der Waals surface area contributed by atoms with Crippen molar-refractivity contribution in [3.05, 3.63) is 22.7 Å². The van der Waals surface area contributed by atoms with Gasteiger partial charge in [0.2, 0.25) is 0 Å². The van der Waals surface area contributed by atoms with Crippen LogP contribution >= 0.6 is 11.3 Å². The van der Waals surface area contributed by atoms with Crippen LogP contribution < -0.4 is 11.1 Å². The Hall–Kier alpha value is -1.66. The summed E-state index contributed by atoms with van der Waals surface area (Å²) in [5.41, 5.74) is 7.71. The van der Waals surface area contributed by atoms with Gasteiger partial charge in [-0.15, -0.1) is 11.3 Å². The SMILES string of the molecule is Cc1ccnc2sc(C(=O)NCCN(C)C(C)C)c(N)c12. The Bertz CT molecular complexity index is 650. The molecule has 1 amide bonds. The number of hydrogen-bond donors (Lipinski definition) is 2. The molecule has 21 heavy (non-hydrogen) atoms. The number of carbonyl (C=O) groups excluding carboxylic acids is 1. The molecule has 0 aromatic carbocycles. The molecular formula is C15H22N4OS. The van der Waals surface area contributed by atoms with E-state index in [1.807, 2.05) is 20.0 Å². The average Bonchev–Trinajstić information content (AvgIpc) is 2.77. The number of nitrogens with one attached hydrogen (secondary N) is 1. The van der Waals surface area contributed by atoms with E-state index in [0.29, 0.717) is 23.2 Å². The highest BCUT2D eigenvalue weighted by molar-refractivity contribution is 7.21. The zero-order chi connectivity index (χ0) is 15.6. The van der Waals surface area contributed by atoms with Crippen molar-refractivity contribution in [1.29, 1.82) is 0 Å². The van der Waals surface area contributed by atoms with E-state index in [4.69, 9.17) is 5.73 Å². The fourth-order valence-electron chi connectivity index (χ4n) is 2.06. The van der Waals surface area contributed by atoms with Crippen LogP contribution in [0, 0.1) is 6.92 Å².